The Morgan fingerprint density at radius 2 is 1.88 bits per heavy atom. The van der Waals surface area contributed by atoms with E-state index < -0.39 is 0 Å². The van der Waals surface area contributed by atoms with Crippen LogP contribution in [-0.2, 0) is 19.6 Å². The molecule has 7 heteroatoms. The molecule has 0 amide bonds. The van der Waals surface area contributed by atoms with Crippen LogP contribution in [0.5, 0.6) is 5.75 Å². The van der Waals surface area contributed by atoms with Crippen LogP contribution in [0.25, 0.3) is 5.69 Å². The lowest BCUT2D eigenvalue weighted by Crippen LogP contribution is -2.22. The number of hydrogen-bond acceptors (Lipinski definition) is 5. The highest BCUT2D eigenvalue weighted by atomic mass is 16.5. The monoisotopic (exact) mass is 340 g/mol. The van der Waals surface area contributed by atoms with Gasteiger partial charge in [0.15, 0.2) is 0 Å². The first-order valence-electron chi connectivity index (χ1n) is 8.43. The Kier molecular flexibility index (Phi) is 5.45. The van der Waals surface area contributed by atoms with Crippen molar-refractivity contribution in [3.05, 3.63) is 54.6 Å². The minimum absolute atomic E-state index is 0.720. The Labute approximate surface area is 147 Å². The van der Waals surface area contributed by atoms with Crippen LogP contribution in [0.4, 0.5) is 0 Å². The summed E-state index contributed by atoms with van der Waals surface area (Å²) in [5.41, 5.74) is 1.07. The number of methoxy groups -OCH3 is 1. The van der Waals surface area contributed by atoms with Gasteiger partial charge in [-0.3, -0.25) is 4.90 Å². The van der Waals surface area contributed by atoms with Crippen LogP contribution in [0, 0.1) is 0 Å². The molecule has 3 rings (SSSR count). The van der Waals surface area contributed by atoms with Crippen molar-refractivity contribution in [1.82, 2.24) is 29.2 Å². The van der Waals surface area contributed by atoms with Crippen molar-refractivity contribution in [3.63, 3.8) is 0 Å². The van der Waals surface area contributed by atoms with Crippen LogP contribution in [0.2, 0.25) is 0 Å². The van der Waals surface area contributed by atoms with E-state index in [0.717, 1.165) is 49.1 Å². The zero-order valence-electron chi connectivity index (χ0n) is 15.0. The van der Waals surface area contributed by atoms with Gasteiger partial charge < -0.3 is 13.9 Å². The average Bonchev–Trinajstić information content (AvgIpc) is 3.25. The molecule has 0 aliphatic rings. The van der Waals surface area contributed by atoms with Gasteiger partial charge in [0.1, 0.15) is 23.7 Å². The standard InChI is InChI=1S/C18H24N6O/c1-4-10-23-14-20-21-18(23)13-22(2)12-17-19-9-11-24(17)15-5-7-16(25-3)8-6-15/h5-9,11,14H,4,10,12-13H2,1-3H3. The molecule has 0 fully saturated rings. The Hall–Kier alpha value is -2.67. The second-order valence-electron chi connectivity index (χ2n) is 6.02. The van der Waals surface area contributed by atoms with Crippen LogP contribution < -0.4 is 4.74 Å². The summed E-state index contributed by atoms with van der Waals surface area (Å²) in [7, 11) is 3.74. The molecule has 0 radical (unpaired) electrons. The molecular weight excluding hydrogens is 316 g/mol. The lowest BCUT2D eigenvalue weighted by atomic mass is 10.3. The fourth-order valence-corrected chi connectivity index (χ4v) is 2.80. The normalized spacial score (nSPS) is 11.2. The zero-order chi connectivity index (χ0) is 17.6. The van der Waals surface area contributed by atoms with E-state index in [1.165, 1.54) is 0 Å². The van der Waals surface area contributed by atoms with Gasteiger partial charge in [-0.2, -0.15) is 0 Å². The molecule has 0 saturated carbocycles. The maximum absolute atomic E-state index is 5.22. The van der Waals surface area contributed by atoms with Crippen molar-refractivity contribution in [3.8, 4) is 11.4 Å². The van der Waals surface area contributed by atoms with Gasteiger partial charge in [0.2, 0.25) is 0 Å². The molecule has 132 valence electrons. The number of aryl methyl sites for hydroxylation is 1. The number of imidazole rings is 1. The first-order valence-corrected chi connectivity index (χ1v) is 8.43. The average molecular weight is 340 g/mol. The van der Waals surface area contributed by atoms with E-state index in [-0.39, 0.29) is 0 Å². The number of benzene rings is 1. The summed E-state index contributed by atoms with van der Waals surface area (Å²) in [5, 5.41) is 8.26. The van der Waals surface area contributed by atoms with E-state index in [4.69, 9.17) is 4.74 Å². The van der Waals surface area contributed by atoms with Gasteiger partial charge in [0, 0.05) is 24.6 Å². The molecular formula is C18H24N6O. The fraction of sp³-hybridized carbons (Fsp3) is 0.389. The molecule has 0 atom stereocenters. The van der Waals surface area contributed by atoms with Crippen molar-refractivity contribution >= 4 is 0 Å². The lowest BCUT2D eigenvalue weighted by molar-refractivity contribution is 0.295. The van der Waals surface area contributed by atoms with Gasteiger partial charge in [-0.25, -0.2) is 4.98 Å². The number of hydrogen-bond donors (Lipinski definition) is 0. The number of aromatic nitrogens is 5. The first kappa shape index (κ1) is 17.2. The maximum atomic E-state index is 5.22. The van der Waals surface area contributed by atoms with Gasteiger partial charge in [-0.05, 0) is 37.7 Å². The smallest absolute Gasteiger partial charge is 0.147 e. The third-order valence-electron chi connectivity index (χ3n) is 4.05. The Bertz CT molecular complexity index is 792. The predicted molar refractivity (Wildman–Crippen MR) is 95.6 cm³/mol. The third kappa shape index (κ3) is 4.06. The molecule has 2 aromatic heterocycles. The summed E-state index contributed by atoms with van der Waals surface area (Å²) < 4.78 is 9.42. The van der Waals surface area contributed by atoms with E-state index in [1.807, 2.05) is 36.7 Å². The van der Waals surface area contributed by atoms with Crippen LogP contribution in [0.3, 0.4) is 0 Å². The van der Waals surface area contributed by atoms with Gasteiger partial charge in [-0.15, -0.1) is 10.2 Å². The molecule has 25 heavy (non-hydrogen) atoms. The summed E-state index contributed by atoms with van der Waals surface area (Å²) >= 11 is 0. The van der Waals surface area contributed by atoms with E-state index in [2.05, 4.69) is 43.2 Å². The summed E-state index contributed by atoms with van der Waals surface area (Å²) in [6.45, 7) is 4.54. The molecule has 7 nitrogen and oxygen atoms in total. The largest absolute Gasteiger partial charge is 0.497 e. The van der Waals surface area contributed by atoms with Crippen molar-refractivity contribution < 1.29 is 4.74 Å². The van der Waals surface area contributed by atoms with Gasteiger partial charge in [0.25, 0.3) is 0 Å². The Morgan fingerprint density at radius 3 is 2.60 bits per heavy atom. The number of rotatable bonds is 8. The molecule has 0 unspecified atom stereocenters. The van der Waals surface area contributed by atoms with Gasteiger partial charge in [-0.1, -0.05) is 6.92 Å². The third-order valence-corrected chi connectivity index (χ3v) is 4.05. The topological polar surface area (TPSA) is 61.0 Å². The van der Waals surface area contributed by atoms with Crippen LogP contribution in [0.1, 0.15) is 25.0 Å². The molecule has 0 bridgehead atoms. The molecule has 0 N–H and O–H groups in total. The minimum Gasteiger partial charge on any atom is -0.497 e. The zero-order valence-corrected chi connectivity index (χ0v) is 15.0. The quantitative estimate of drug-likeness (QED) is 0.630. The van der Waals surface area contributed by atoms with E-state index >= 15 is 0 Å². The highest BCUT2D eigenvalue weighted by Crippen LogP contribution is 2.17. The van der Waals surface area contributed by atoms with Crippen molar-refractivity contribution in [2.45, 2.75) is 33.0 Å². The minimum atomic E-state index is 0.720. The number of ether oxygens (including phenoxy) is 1. The molecule has 0 spiro atoms. The van der Waals surface area contributed by atoms with E-state index in [1.54, 1.807) is 13.4 Å². The van der Waals surface area contributed by atoms with Crippen LogP contribution >= 0.6 is 0 Å². The number of nitrogens with zero attached hydrogens (tertiary/aromatic N) is 6. The summed E-state index contributed by atoms with van der Waals surface area (Å²) in [4.78, 5) is 6.70. The second kappa shape index (κ2) is 7.94. The first-order chi connectivity index (χ1) is 12.2. The van der Waals surface area contributed by atoms with Gasteiger partial charge in [0.05, 0.1) is 20.2 Å². The maximum Gasteiger partial charge on any atom is 0.147 e. The van der Waals surface area contributed by atoms with E-state index in [0.29, 0.717) is 0 Å². The summed E-state index contributed by atoms with van der Waals surface area (Å²) in [5.74, 6) is 2.80. The molecule has 1 aromatic carbocycles. The van der Waals surface area contributed by atoms with Crippen molar-refractivity contribution in [1.29, 1.82) is 0 Å². The summed E-state index contributed by atoms with van der Waals surface area (Å²) in [6, 6.07) is 7.97. The predicted octanol–water partition coefficient (Wildman–Crippen LogP) is 2.51. The molecule has 0 aliphatic heterocycles. The fourth-order valence-electron chi connectivity index (χ4n) is 2.80. The Balaban J connectivity index is 1.70. The van der Waals surface area contributed by atoms with Crippen LogP contribution in [-0.4, -0.2) is 43.4 Å². The van der Waals surface area contributed by atoms with Crippen molar-refractivity contribution in [2.24, 2.45) is 0 Å². The summed E-state index contributed by atoms with van der Waals surface area (Å²) in [6.07, 6.45) is 6.67. The Morgan fingerprint density at radius 1 is 1.12 bits per heavy atom. The highest BCUT2D eigenvalue weighted by Gasteiger charge is 2.12. The lowest BCUT2D eigenvalue weighted by Gasteiger charge is -2.17. The van der Waals surface area contributed by atoms with E-state index in [9.17, 15) is 0 Å². The molecule has 3 aromatic rings. The van der Waals surface area contributed by atoms with Crippen LogP contribution in [0.15, 0.2) is 43.0 Å². The highest BCUT2D eigenvalue weighted by molar-refractivity contribution is 5.38. The molecule has 0 saturated heterocycles. The van der Waals surface area contributed by atoms with Gasteiger partial charge >= 0.3 is 0 Å². The SMILES string of the molecule is CCCn1cnnc1CN(C)Cc1nccn1-c1ccc(OC)cc1. The van der Waals surface area contributed by atoms with Crippen molar-refractivity contribution in [2.75, 3.05) is 14.2 Å². The molecule has 2 heterocycles. The second-order valence-corrected chi connectivity index (χ2v) is 6.02. The molecule has 0 aliphatic carbocycles.